The molecule has 25 heavy (non-hydrogen) atoms. The fourth-order valence-electron chi connectivity index (χ4n) is 3.04. The molecule has 0 atom stereocenters. The van der Waals surface area contributed by atoms with Crippen LogP contribution in [0.1, 0.15) is 22.1 Å². The van der Waals surface area contributed by atoms with Crippen LogP contribution < -0.4 is 5.32 Å². The van der Waals surface area contributed by atoms with Gasteiger partial charge in [-0.25, -0.2) is 9.97 Å². The Morgan fingerprint density at radius 3 is 2.92 bits per heavy atom. The van der Waals surface area contributed by atoms with Crippen LogP contribution in [0.25, 0.3) is 0 Å². The van der Waals surface area contributed by atoms with E-state index >= 15 is 0 Å². The van der Waals surface area contributed by atoms with E-state index < -0.39 is 0 Å². The molecule has 0 aliphatic carbocycles. The molecular weight excluding hydrogens is 318 g/mol. The third-order valence-electron chi connectivity index (χ3n) is 4.35. The summed E-state index contributed by atoms with van der Waals surface area (Å²) in [5.74, 6) is 2.16. The van der Waals surface area contributed by atoms with Gasteiger partial charge < -0.3 is 19.2 Å². The Labute approximate surface area is 145 Å². The van der Waals surface area contributed by atoms with Gasteiger partial charge in [-0.3, -0.25) is 4.79 Å². The Bertz CT molecular complexity index is 842. The van der Waals surface area contributed by atoms with Crippen LogP contribution in [0.5, 0.6) is 0 Å². The summed E-state index contributed by atoms with van der Waals surface area (Å²) in [5.41, 5.74) is 1.09. The predicted octanol–water partition coefficient (Wildman–Crippen LogP) is 2.18. The minimum Gasteiger partial charge on any atom is -0.459 e. The second-order valence-electron chi connectivity index (χ2n) is 5.91. The summed E-state index contributed by atoms with van der Waals surface area (Å²) in [7, 11) is 0. The van der Waals surface area contributed by atoms with Crippen LogP contribution >= 0.6 is 0 Å². The predicted molar refractivity (Wildman–Crippen MR) is 92.1 cm³/mol. The van der Waals surface area contributed by atoms with Gasteiger partial charge in [0.25, 0.3) is 5.91 Å². The largest absolute Gasteiger partial charge is 0.459 e. The highest BCUT2D eigenvalue weighted by atomic mass is 16.3. The molecule has 0 aromatic carbocycles. The fourth-order valence-corrected chi connectivity index (χ4v) is 3.04. The number of hydrogen-bond acceptors (Lipinski definition) is 5. The molecule has 0 saturated carbocycles. The van der Waals surface area contributed by atoms with Crippen molar-refractivity contribution in [3.05, 3.63) is 66.3 Å². The SMILES string of the molecule is O=C(c1ccco1)N1CCc2ncc(CNc3ccccn3)n2CC1. The van der Waals surface area contributed by atoms with Crippen molar-refractivity contribution in [3.63, 3.8) is 0 Å². The number of hydrogen-bond donors (Lipinski definition) is 1. The number of furan rings is 1. The average molecular weight is 337 g/mol. The van der Waals surface area contributed by atoms with Gasteiger partial charge in [0.2, 0.25) is 0 Å². The summed E-state index contributed by atoms with van der Waals surface area (Å²) >= 11 is 0. The molecule has 0 spiro atoms. The van der Waals surface area contributed by atoms with E-state index in [2.05, 4.69) is 19.9 Å². The molecule has 0 unspecified atom stereocenters. The van der Waals surface area contributed by atoms with Crippen LogP contribution in [0.2, 0.25) is 0 Å². The molecule has 7 heteroatoms. The molecule has 0 radical (unpaired) electrons. The minimum absolute atomic E-state index is 0.0658. The first kappa shape index (κ1) is 15.4. The molecule has 3 aromatic rings. The number of nitrogens with zero attached hydrogens (tertiary/aromatic N) is 4. The monoisotopic (exact) mass is 337 g/mol. The van der Waals surface area contributed by atoms with Crippen LogP contribution in [0.15, 0.2) is 53.4 Å². The first-order valence-corrected chi connectivity index (χ1v) is 8.32. The Kier molecular flexibility index (Phi) is 4.20. The number of pyridine rings is 1. The average Bonchev–Trinajstić information content (AvgIpc) is 3.26. The molecule has 1 aliphatic heterocycles. The van der Waals surface area contributed by atoms with Gasteiger partial charge in [0.15, 0.2) is 5.76 Å². The van der Waals surface area contributed by atoms with E-state index in [9.17, 15) is 4.79 Å². The van der Waals surface area contributed by atoms with E-state index in [-0.39, 0.29) is 5.91 Å². The van der Waals surface area contributed by atoms with Gasteiger partial charge in [-0.05, 0) is 24.3 Å². The van der Waals surface area contributed by atoms with Crippen molar-refractivity contribution >= 4 is 11.7 Å². The van der Waals surface area contributed by atoms with Crippen molar-refractivity contribution in [1.29, 1.82) is 0 Å². The lowest BCUT2D eigenvalue weighted by atomic mass is 10.3. The van der Waals surface area contributed by atoms with E-state index in [1.54, 1.807) is 18.3 Å². The molecule has 1 aliphatic rings. The highest BCUT2D eigenvalue weighted by Crippen LogP contribution is 2.15. The van der Waals surface area contributed by atoms with Crippen LogP contribution in [-0.4, -0.2) is 38.4 Å². The van der Waals surface area contributed by atoms with Crippen molar-refractivity contribution in [2.75, 3.05) is 18.4 Å². The summed E-state index contributed by atoms with van der Waals surface area (Å²) in [6, 6.07) is 9.21. The van der Waals surface area contributed by atoms with E-state index in [4.69, 9.17) is 4.42 Å². The number of aromatic nitrogens is 3. The Morgan fingerprint density at radius 1 is 1.16 bits per heavy atom. The minimum atomic E-state index is -0.0658. The van der Waals surface area contributed by atoms with E-state index in [1.165, 1.54) is 6.26 Å². The highest BCUT2D eigenvalue weighted by Gasteiger charge is 2.23. The molecule has 4 heterocycles. The molecule has 0 saturated heterocycles. The summed E-state index contributed by atoms with van der Waals surface area (Å²) in [5, 5.41) is 3.31. The van der Waals surface area contributed by atoms with Crippen LogP contribution in [0.4, 0.5) is 5.82 Å². The fraction of sp³-hybridized carbons (Fsp3) is 0.278. The van der Waals surface area contributed by atoms with Gasteiger partial charge in [-0.15, -0.1) is 0 Å². The summed E-state index contributed by atoms with van der Waals surface area (Å²) < 4.78 is 7.41. The molecule has 1 N–H and O–H groups in total. The third kappa shape index (κ3) is 3.26. The van der Waals surface area contributed by atoms with Gasteiger partial charge in [0.05, 0.1) is 24.7 Å². The van der Waals surface area contributed by atoms with Gasteiger partial charge in [0.1, 0.15) is 11.6 Å². The maximum Gasteiger partial charge on any atom is 0.289 e. The van der Waals surface area contributed by atoms with Gasteiger partial charge in [-0.1, -0.05) is 6.07 Å². The van der Waals surface area contributed by atoms with Crippen molar-refractivity contribution in [1.82, 2.24) is 19.4 Å². The quantitative estimate of drug-likeness (QED) is 0.790. The second-order valence-corrected chi connectivity index (χ2v) is 5.91. The maximum absolute atomic E-state index is 12.5. The molecule has 4 rings (SSSR count). The number of amides is 1. The molecule has 0 bridgehead atoms. The zero-order valence-electron chi connectivity index (χ0n) is 13.8. The number of fused-ring (bicyclic) bond motifs is 1. The summed E-state index contributed by atoms with van der Waals surface area (Å²) in [6.07, 6.45) is 5.92. The maximum atomic E-state index is 12.5. The molecule has 1 amide bonds. The first-order valence-electron chi connectivity index (χ1n) is 8.32. The zero-order chi connectivity index (χ0) is 17.1. The Morgan fingerprint density at radius 2 is 2.12 bits per heavy atom. The highest BCUT2D eigenvalue weighted by molar-refractivity contribution is 5.91. The number of anilines is 1. The van der Waals surface area contributed by atoms with E-state index in [0.29, 0.717) is 25.4 Å². The lowest BCUT2D eigenvalue weighted by molar-refractivity contribution is 0.0727. The van der Waals surface area contributed by atoms with Gasteiger partial charge in [-0.2, -0.15) is 0 Å². The van der Waals surface area contributed by atoms with Crippen LogP contribution in [-0.2, 0) is 19.5 Å². The van der Waals surface area contributed by atoms with Crippen molar-refractivity contribution in [2.45, 2.75) is 19.5 Å². The van der Waals surface area contributed by atoms with Crippen molar-refractivity contribution < 1.29 is 9.21 Å². The summed E-state index contributed by atoms with van der Waals surface area (Å²) in [6.45, 7) is 2.65. The van der Waals surface area contributed by atoms with E-state index in [1.807, 2.05) is 29.3 Å². The molecule has 0 fully saturated rings. The van der Waals surface area contributed by atoms with Gasteiger partial charge in [0, 0.05) is 32.3 Å². The second kappa shape index (κ2) is 6.80. The Balaban J connectivity index is 1.44. The normalized spacial score (nSPS) is 14.0. The van der Waals surface area contributed by atoms with Crippen LogP contribution in [0, 0.1) is 0 Å². The standard InChI is InChI=1S/C18H19N5O2/c24-18(15-4-3-11-25-15)22-8-6-17-21-13-14(23(17)10-9-22)12-20-16-5-1-2-7-19-16/h1-5,7,11,13H,6,8-10,12H2,(H,19,20). The lowest BCUT2D eigenvalue weighted by Gasteiger charge is -2.18. The first-order chi connectivity index (χ1) is 12.3. The van der Waals surface area contributed by atoms with E-state index in [0.717, 1.165) is 30.3 Å². The number of carbonyl (C=O) groups excluding carboxylic acids is 1. The topological polar surface area (TPSA) is 76.2 Å². The Hall–Kier alpha value is -3.09. The smallest absolute Gasteiger partial charge is 0.289 e. The van der Waals surface area contributed by atoms with Gasteiger partial charge >= 0.3 is 0 Å². The summed E-state index contributed by atoms with van der Waals surface area (Å²) in [4.78, 5) is 23.1. The molecule has 128 valence electrons. The number of carbonyl (C=O) groups is 1. The number of rotatable bonds is 4. The van der Waals surface area contributed by atoms with Crippen molar-refractivity contribution in [3.8, 4) is 0 Å². The number of nitrogens with one attached hydrogen (secondary N) is 1. The molecule has 7 nitrogen and oxygen atoms in total. The third-order valence-corrected chi connectivity index (χ3v) is 4.35. The lowest BCUT2D eigenvalue weighted by Crippen LogP contribution is -2.33. The zero-order valence-corrected chi connectivity index (χ0v) is 13.8. The van der Waals surface area contributed by atoms with Crippen LogP contribution in [0.3, 0.4) is 0 Å². The molecule has 3 aromatic heterocycles. The number of imidazole rings is 1. The molecular formula is C18H19N5O2. The van der Waals surface area contributed by atoms with Crippen molar-refractivity contribution in [2.24, 2.45) is 0 Å².